The van der Waals surface area contributed by atoms with Gasteiger partial charge in [-0.15, -0.1) is 6.42 Å². The molecule has 2 aromatic rings. The van der Waals surface area contributed by atoms with Crippen LogP contribution in [0.15, 0.2) is 47.5 Å². The van der Waals surface area contributed by atoms with Gasteiger partial charge in [0.05, 0.1) is 20.8 Å². The summed E-state index contributed by atoms with van der Waals surface area (Å²) < 4.78 is 10.9. The molecule has 1 saturated heterocycles. The Bertz CT molecular complexity index is 1020. The van der Waals surface area contributed by atoms with Gasteiger partial charge in [-0.3, -0.25) is 14.7 Å². The van der Waals surface area contributed by atoms with Gasteiger partial charge in [-0.25, -0.2) is 0 Å². The molecule has 33 heavy (non-hydrogen) atoms. The number of anilines is 1. The maximum Gasteiger partial charge on any atom is 0.243 e. The van der Waals surface area contributed by atoms with Crippen LogP contribution in [0.3, 0.4) is 0 Å². The highest BCUT2D eigenvalue weighted by atomic mass is 16.5. The van der Waals surface area contributed by atoms with E-state index in [1.165, 1.54) is 0 Å². The summed E-state index contributed by atoms with van der Waals surface area (Å²) in [5.74, 6) is 4.79. The molecule has 1 amide bonds. The van der Waals surface area contributed by atoms with Crippen LogP contribution in [0, 0.1) is 12.3 Å². The average Bonchev–Trinajstić information content (AvgIpc) is 2.85. The van der Waals surface area contributed by atoms with E-state index in [0.29, 0.717) is 11.6 Å². The first-order chi connectivity index (χ1) is 16.1. The summed E-state index contributed by atoms with van der Waals surface area (Å²) in [5, 5.41) is 6.01. The van der Waals surface area contributed by atoms with Crippen LogP contribution in [-0.2, 0) is 11.3 Å². The van der Waals surface area contributed by atoms with Gasteiger partial charge in [0.15, 0.2) is 5.96 Å². The molecule has 1 heterocycles. The van der Waals surface area contributed by atoms with Crippen molar-refractivity contribution >= 4 is 17.6 Å². The van der Waals surface area contributed by atoms with Crippen molar-refractivity contribution in [1.82, 2.24) is 15.1 Å². The molecular formula is C25H31N5O3. The predicted octanol–water partition coefficient (Wildman–Crippen LogP) is 2.02. The number of carbonyl (C=O) groups is 1. The van der Waals surface area contributed by atoms with E-state index in [4.69, 9.17) is 15.9 Å². The molecule has 0 bridgehead atoms. The Morgan fingerprint density at radius 1 is 1.12 bits per heavy atom. The van der Waals surface area contributed by atoms with Crippen molar-refractivity contribution in [3.05, 3.63) is 53.6 Å². The normalized spacial score (nSPS) is 14.4. The summed E-state index contributed by atoms with van der Waals surface area (Å²) in [4.78, 5) is 21.2. The third kappa shape index (κ3) is 6.64. The maximum absolute atomic E-state index is 12.4. The zero-order chi connectivity index (χ0) is 23.6. The van der Waals surface area contributed by atoms with Crippen molar-refractivity contribution < 1.29 is 14.3 Å². The minimum atomic E-state index is -0.158. The molecule has 0 spiro atoms. The first-order valence-corrected chi connectivity index (χ1v) is 10.8. The Balaban J connectivity index is 1.49. The lowest BCUT2D eigenvalue weighted by atomic mass is 10.1. The molecule has 3 rings (SSSR count). The van der Waals surface area contributed by atoms with Crippen LogP contribution in [0.1, 0.15) is 11.1 Å². The summed E-state index contributed by atoms with van der Waals surface area (Å²) in [6, 6.07) is 13.1. The topological polar surface area (TPSA) is 78.4 Å². The molecule has 1 aliphatic rings. The Labute approximate surface area is 195 Å². The van der Waals surface area contributed by atoms with E-state index in [2.05, 4.69) is 31.3 Å². The van der Waals surface area contributed by atoms with Crippen molar-refractivity contribution in [3.63, 3.8) is 0 Å². The number of ether oxygens (including phenoxy) is 2. The summed E-state index contributed by atoms with van der Waals surface area (Å²) in [5.41, 5.74) is 2.49. The van der Waals surface area contributed by atoms with Crippen LogP contribution in [0.4, 0.5) is 5.69 Å². The molecule has 0 atom stereocenters. The van der Waals surface area contributed by atoms with Gasteiger partial charge in [-0.1, -0.05) is 12.0 Å². The molecule has 8 nitrogen and oxygen atoms in total. The Morgan fingerprint density at radius 2 is 1.91 bits per heavy atom. The van der Waals surface area contributed by atoms with E-state index < -0.39 is 0 Å². The molecule has 1 fully saturated rings. The van der Waals surface area contributed by atoms with E-state index in [0.717, 1.165) is 55.3 Å². The molecule has 0 unspecified atom stereocenters. The van der Waals surface area contributed by atoms with Crippen molar-refractivity contribution in [2.75, 3.05) is 59.3 Å². The Kier molecular flexibility index (Phi) is 8.56. The number of methoxy groups -OCH3 is 2. The number of guanidine groups is 1. The van der Waals surface area contributed by atoms with Gasteiger partial charge in [0.2, 0.25) is 5.91 Å². The van der Waals surface area contributed by atoms with Crippen LogP contribution >= 0.6 is 0 Å². The molecule has 2 aromatic carbocycles. The molecule has 8 heteroatoms. The summed E-state index contributed by atoms with van der Waals surface area (Å²) in [7, 11) is 5.07. The van der Waals surface area contributed by atoms with Crippen LogP contribution in [0.2, 0.25) is 0 Å². The highest BCUT2D eigenvalue weighted by Crippen LogP contribution is 2.25. The molecule has 174 valence electrons. The smallest absolute Gasteiger partial charge is 0.243 e. The maximum atomic E-state index is 12.4. The first kappa shape index (κ1) is 24.0. The number of piperazine rings is 1. The second-order valence-corrected chi connectivity index (χ2v) is 7.62. The quantitative estimate of drug-likeness (QED) is 0.383. The SMILES string of the molecule is C#Cc1cccc(NC(=O)CNC(=NC)N2CCN(Cc3cc(OC)ccc3OC)CC2)c1. The van der Waals surface area contributed by atoms with Crippen LogP contribution in [0.25, 0.3) is 0 Å². The summed E-state index contributed by atoms with van der Waals surface area (Å²) in [6.07, 6.45) is 5.42. The second kappa shape index (κ2) is 11.8. The van der Waals surface area contributed by atoms with Crippen molar-refractivity contribution in [2.24, 2.45) is 4.99 Å². The predicted molar refractivity (Wildman–Crippen MR) is 131 cm³/mol. The van der Waals surface area contributed by atoms with E-state index in [1.807, 2.05) is 36.4 Å². The molecule has 0 aromatic heterocycles. The lowest BCUT2D eigenvalue weighted by Gasteiger charge is -2.36. The largest absolute Gasteiger partial charge is 0.497 e. The number of hydrogen-bond acceptors (Lipinski definition) is 5. The fourth-order valence-corrected chi connectivity index (χ4v) is 3.75. The monoisotopic (exact) mass is 449 g/mol. The zero-order valence-corrected chi connectivity index (χ0v) is 19.4. The molecule has 0 aliphatic carbocycles. The molecule has 2 N–H and O–H groups in total. The number of nitrogens with zero attached hydrogens (tertiary/aromatic N) is 3. The van der Waals surface area contributed by atoms with Gasteiger partial charge in [-0.05, 0) is 36.4 Å². The fourth-order valence-electron chi connectivity index (χ4n) is 3.75. The lowest BCUT2D eigenvalue weighted by molar-refractivity contribution is -0.115. The highest BCUT2D eigenvalue weighted by molar-refractivity contribution is 5.95. The number of rotatable bonds is 7. The minimum absolute atomic E-state index is 0.119. The fraction of sp³-hybridized carbons (Fsp3) is 0.360. The second-order valence-electron chi connectivity index (χ2n) is 7.62. The zero-order valence-electron chi connectivity index (χ0n) is 19.4. The minimum Gasteiger partial charge on any atom is -0.497 e. The number of carbonyl (C=O) groups excluding carboxylic acids is 1. The van der Waals surface area contributed by atoms with Gasteiger partial charge < -0.3 is 25.0 Å². The van der Waals surface area contributed by atoms with Crippen LogP contribution in [0.5, 0.6) is 11.5 Å². The third-order valence-corrected chi connectivity index (χ3v) is 5.49. The van der Waals surface area contributed by atoms with E-state index in [9.17, 15) is 4.79 Å². The standard InChI is InChI=1S/C25H31N5O3/c1-5-19-7-6-8-21(15-19)28-24(31)17-27-25(26-2)30-13-11-29(12-14-30)18-20-16-22(32-3)9-10-23(20)33-4/h1,6-10,15-16H,11-14,17-18H2,2-4H3,(H,26,27)(H,28,31). The van der Waals surface area contributed by atoms with E-state index in [1.54, 1.807) is 27.3 Å². The number of nitrogens with one attached hydrogen (secondary N) is 2. The molecule has 0 radical (unpaired) electrons. The molecular weight excluding hydrogens is 418 g/mol. The van der Waals surface area contributed by atoms with Crippen LogP contribution in [-0.4, -0.2) is 75.7 Å². The van der Waals surface area contributed by atoms with Gasteiger partial charge in [-0.2, -0.15) is 0 Å². The first-order valence-electron chi connectivity index (χ1n) is 10.8. The third-order valence-electron chi connectivity index (χ3n) is 5.49. The Hall–Kier alpha value is -3.70. The number of amides is 1. The lowest BCUT2D eigenvalue weighted by Crippen LogP contribution is -2.53. The highest BCUT2D eigenvalue weighted by Gasteiger charge is 2.21. The van der Waals surface area contributed by atoms with Gasteiger partial charge >= 0.3 is 0 Å². The number of aliphatic imine (C=N–C) groups is 1. The summed E-state index contributed by atoms with van der Waals surface area (Å²) >= 11 is 0. The van der Waals surface area contributed by atoms with E-state index in [-0.39, 0.29) is 12.5 Å². The average molecular weight is 450 g/mol. The molecule has 0 saturated carbocycles. The van der Waals surface area contributed by atoms with Crippen molar-refractivity contribution in [2.45, 2.75) is 6.54 Å². The van der Waals surface area contributed by atoms with Crippen molar-refractivity contribution in [1.29, 1.82) is 0 Å². The number of hydrogen-bond donors (Lipinski definition) is 2. The summed E-state index contributed by atoms with van der Waals surface area (Å²) in [6.45, 7) is 4.24. The van der Waals surface area contributed by atoms with E-state index >= 15 is 0 Å². The van der Waals surface area contributed by atoms with Gasteiger partial charge in [0, 0.05) is 56.6 Å². The van der Waals surface area contributed by atoms with Gasteiger partial charge in [0.25, 0.3) is 0 Å². The van der Waals surface area contributed by atoms with Gasteiger partial charge in [0.1, 0.15) is 11.5 Å². The molecule has 1 aliphatic heterocycles. The van der Waals surface area contributed by atoms with Crippen molar-refractivity contribution in [3.8, 4) is 23.8 Å². The van der Waals surface area contributed by atoms with Crippen LogP contribution < -0.4 is 20.1 Å². The Morgan fingerprint density at radius 3 is 2.58 bits per heavy atom. The number of benzene rings is 2. The number of terminal acetylenes is 1.